The number of hydrogen-bond donors (Lipinski definition) is 1. The number of benzene rings is 1. The third-order valence-corrected chi connectivity index (χ3v) is 4.29. The van der Waals surface area contributed by atoms with Crippen molar-refractivity contribution < 1.29 is 4.74 Å². The van der Waals surface area contributed by atoms with E-state index in [-0.39, 0.29) is 0 Å². The summed E-state index contributed by atoms with van der Waals surface area (Å²) in [5, 5.41) is 3.58. The van der Waals surface area contributed by atoms with Crippen LogP contribution in [-0.2, 0) is 0 Å². The molecule has 0 aromatic heterocycles. The Hall–Kier alpha value is -1.02. The molecule has 0 spiro atoms. The molecule has 2 rings (SSSR count). The molecular weight excluding hydrogens is 222 g/mol. The monoisotopic (exact) mass is 247 g/mol. The van der Waals surface area contributed by atoms with Crippen molar-refractivity contribution in [2.45, 2.75) is 46.1 Å². The van der Waals surface area contributed by atoms with Crippen LogP contribution in [0.15, 0.2) is 24.3 Å². The van der Waals surface area contributed by atoms with Gasteiger partial charge in [-0.05, 0) is 48.9 Å². The first-order valence-corrected chi connectivity index (χ1v) is 7.05. The van der Waals surface area contributed by atoms with Gasteiger partial charge in [0.2, 0.25) is 0 Å². The standard InChI is InChI=1S/C16H25NO/c1-5-17-15-11-14(16(15,3)4)12-8-7-9-13(10-12)18-6-2/h7-10,14-15,17H,5-6,11H2,1-4H3. The summed E-state index contributed by atoms with van der Waals surface area (Å²) >= 11 is 0. The lowest BCUT2D eigenvalue weighted by atomic mass is 9.56. The average Bonchev–Trinajstić information content (AvgIpc) is 2.35. The van der Waals surface area contributed by atoms with Crippen LogP contribution in [0.2, 0.25) is 0 Å². The van der Waals surface area contributed by atoms with Gasteiger partial charge in [-0.3, -0.25) is 0 Å². The number of ether oxygens (including phenoxy) is 1. The minimum Gasteiger partial charge on any atom is -0.494 e. The Labute approximate surface area is 111 Å². The summed E-state index contributed by atoms with van der Waals surface area (Å²) in [7, 11) is 0. The predicted octanol–water partition coefficient (Wildman–Crippen LogP) is 3.58. The van der Waals surface area contributed by atoms with E-state index in [0.717, 1.165) is 18.9 Å². The highest BCUT2D eigenvalue weighted by Crippen LogP contribution is 2.52. The van der Waals surface area contributed by atoms with Crippen LogP contribution in [0.4, 0.5) is 0 Å². The maximum Gasteiger partial charge on any atom is 0.119 e. The van der Waals surface area contributed by atoms with Crippen LogP contribution in [0.1, 0.15) is 45.6 Å². The van der Waals surface area contributed by atoms with Crippen LogP contribution in [0.3, 0.4) is 0 Å². The maximum absolute atomic E-state index is 5.59. The van der Waals surface area contributed by atoms with Gasteiger partial charge >= 0.3 is 0 Å². The maximum atomic E-state index is 5.59. The highest BCUT2D eigenvalue weighted by atomic mass is 16.5. The van der Waals surface area contributed by atoms with Gasteiger partial charge in [0.1, 0.15) is 5.75 Å². The number of hydrogen-bond acceptors (Lipinski definition) is 2. The molecule has 1 aromatic carbocycles. The van der Waals surface area contributed by atoms with Gasteiger partial charge in [0.15, 0.2) is 0 Å². The lowest BCUT2D eigenvalue weighted by molar-refractivity contribution is 0.0705. The Balaban J connectivity index is 2.11. The normalized spacial score (nSPS) is 25.6. The molecule has 1 aliphatic carbocycles. The summed E-state index contributed by atoms with van der Waals surface area (Å²) < 4.78 is 5.59. The highest BCUT2D eigenvalue weighted by molar-refractivity contribution is 5.34. The third-order valence-electron chi connectivity index (χ3n) is 4.29. The van der Waals surface area contributed by atoms with Crippen LogP contribution in [-0.4, -0.2) is 19.2 Å². The van der Waals surface area contributed by atoms with E-state index in [2.05, 4.69) is 44.3 Å². The molecule has 1 aromatic rings. The molecule has 0 bridgehead atoms. The summed E-state index contributed by atoms with van der Waals surface area (Å²) in [4.78, 5) is 0. The van der Waals surface area contributed by atoms with E-state index >= 15 is 0 Å². The molecule has 2 atom stereocenters. The van der Waals surface area contributed by atoms with E-state index in [1.165, 1.54) is 12.0 Å². The van der Waals surface area contributed by atoms with Crippen LogP contribution < -0.4 is 10.1 Å². The molecule has 0 aliphatic heterocycles. The van der Waals surface area contributed by atoms with E-state index in [0.29, 0.717) is 17.4 Å². The molecule has 1 saturated carbocycles. The third kappa shape index (κ3) is 2.39. The largest absolute Gasteiger partial charge is 0.494 e. The minimum absolute atomic E-state index is 0.334. The van der Waals surface area contributed by atoms with Crippen molar-refractivity contribution in [3.63, 3.8) is 0 Å². The van der Waals surface area contributed by atoms with Crippen molar-refractivity contribution in [1.82, 2.24) is 5.32 Å². The van der Waals surface area contributed by atoms with Gasteiger partial charge in [0.25, 0.3) is 0 Å². The van der Waals surface area contributed by atoms with Crippen LogP contribution in [0.25, 0.3) is 0 Å². The second kappa shape index (κ2) is 5.31. The minimum atomic E-state index is 0.334. The molecule has 1 aliphatic rings. The Bertz CT molecular complexity index is 400. The summed E-state index contributed by atoms with van der Waals surface area (Å²) in [5.74, 6) is 1.64. The van der Waals surface area contributed by atoms with E-state index in [1.54, 1.807) is 0 Å². The first-order chi connectivity index (χ1) is 8.59. The van der Waals surface area contributed by atoms with Gasteiger partial charge in [-0.25, -0.2) is 0 Å². The van der Waals surface area contributed by atoms with Gasteiger partial charge in [-0.2, -0.15) is 0 Å². The molecule has 0 heterocycles. The highest BCUT2D eigenvalue weighted by Gasteiger charge is 2.48. The van der Waals surface area contributed by atoms with Crippen molar-refractivity contribution in [2.24, 2.45) is 5.41 Å². The second-order valence-electron chi connectivity index (χ2n) is 5.73. The SMILES string of the molecule is CCNC1CC(c2cccc(OCC)c2)C1(C)C. The lowest BCUT2D eigenvalue weighted by Crippen LogP contribution is -2.55. The molecule has 1 N–H and O–H groups in total. The lowest BCUT2D eigenvalue weighted by Gasteiger charge is -2.53. The zero-order chi connectivity index (χ0) is 13.2. The molecule has 0 saturated heterocycles. The Morgan fingerprint density at radius 1 is 1.33 bits per heavy atom. The van der Waals surface area contributed by atoms with E-state index in [9.17, 15) is 0 Å². The number of rotatable bonds is 5. The fourth-order valence-corrected chi connectivity index (χ4v) is 3.07. The Morgan fingerprint density at radius 2 is 2.11 bits per heavy atom. The summed E-state index contributed by atoms with van der Waals surface area (Å²) in [6.07, 6.45) is 1.23. The smallest absolute Gasteiger partial charge is 0.119 e. The molecule has 100 valence electrons. The first kappa shape index (κ1) is 13.4. The van der Waals surface area contributed by atoms with Crippen molar-refractivity contribution >= 4 is 0 Å². The molecular formula is C16H25NO. The van der Waals surface area contributed by atoms with Gasteiger partial charge in [0.05, 0.1) is 6.61 Å². The topological polar surface area (TPSA) is 21.3 Å². The Morgan fingerprint density at radius 3 is 2.72 bits per heavy atom. The fourth-order valence-electron chi connectivity index (χ4n) is 3.07. The van der Waals surface area contributed by atoms with Crippen molar-refractivity contribution in [3.05, 3.63) is 29.8 Å². The molecule has 2 unspecified atom stereocenters. The molecule has 1 fully saturated rings. The van der Waals surface area contributed by atoms with Gasteiger partial charge in [-0.1, -0.05) is 32.9 Å². The van der Waals surface area contributed by atoms with Gasteiger partial charge in [-0.15, -0.1) is 0 Å². The van der Waals surface area contributed by atoms with Crippen molar-refractivity contribution in [3.8, 4) is 5.75 Å². The summed E-state index contributed by atoms with van der Waals surface area (Å²) in [6, 6.07) is 9.23. The van der Waals surface area contributed by atoms with Crippen molar-refractivity contribution in [1.29, 1.82) is 0 Å². The number of nitrogens with one attached hydrogen (secondary N) is 1. The Kier molecular flexibility index (Phi) is 3.96. The molecule has 2 heteroatoms. The molecule has 0 amide bonds. The molecule has 0 radical (unpaired) electrons. The fraction of sp³-hybridized carbons (Fsp3) is 0.625. The average molecular weight is 247 g/mol. The molecule has 18 heavy (non-hydrogen) atoms. The van der Waals surface area contributed by atoms with E-state index < -0.39 is 0 Å². The summed E-state index contributed by atoms with van der Waals surface area (Å²) in [6.45, 7) is 10.7. The zero-order valence-electron chi connectivity index (χ0n) is 12.0. The van der Waals surface area contributed by atoms with Gasteiger partial charge < -0.3 is 10.1 Å². The predicted molar refractivity (Wildman–Crippen MR) is 76.2 cm³/mol. The first-order valence-electron chi connectivity index (χ1n) is 7.05. The zero-order valence-corrected chi connectivity index (χ0v) is 12.0. The van der Waals surface area contributed by atoms with Crippen LogP contribution in [0, 0.1) is 5.41 Å². The quantitative estimate of drug-likeness (QED) is 0.858. The molecule has 2 nitrogen and oxygen atoms in total. The van der Waals surface area contributed by atoms with E-state index in [1.807, 2.05) is 13.0 Å². The van der Waals surface area contributed by atoms with Crippen LogP contribution >= 0.6 is 0 Å². The second-order valence-corrected chi connectivity index (χ2v) is 5.73. The van der Waals surface area contributed by atoms with E-state index in [4.69, 9.17) is 4.74 Å². The van der Waals surface area contributed by atoms with Gasteiger partial charge in [0, 0.05) is 6.04 Å². The van der Waals surface area contributed by atoms with Crippen LogP contribution in [0.5, 0.6) is 5.75 Å². The summed E-state index contributed by atoms with van der Waals surface area (Å²) in [5.41, 5.74) is 1.75. The van der Waals surface area contributed by atoms with Crippen molar-refractivity contribution in [2.75, 3.05) is 13.2 Å².